The van der Waals surface area contributed by atoms with Gasteiger partial charge in [0.25, 0.3) is 5.91 Å². The van der Waals surface area contributed by atoms with Crippen LogP contribution in [0.4, 0.5) is 32.0 Å². The van der Waals surface area contributed by atoms with Gasteiger partial charge in [-0.2, -0.15) is 31.4 Å². The number of nitrogens with zero attached hydrogens (tertiary/aromatic N) is 3. The van der Waals surface area contributed by atoms with Gasteiger partial charge in [-0.25, -0.2) is 9.67 Å². The molecular weight excluding hydrogens is 461 g/mol. The molecule has 0 saturated heterocycles. The maximum Gasteiger partial charge on any atom is 0.435 e. The first-order chi connectivity index (χ1) is 13.9. The van der Waals surface area contributed by atoms with Crippen molar-refractivity contribution in [1.82, 2.24) is 14.8 Å². The van der Waals surface area contributed by atoms with E-state index in [0.29, 0.717) is 0 Å². The summed E-state index contributed by atoms with van der Waals surface area (Å²) in [6, 6.07) is 5.69. The number of benzene rings is 1. The Kier molecular flexibility index (Phi) is 5.70. The molecule has 0 aliphatic heterocycles. The summed E-state index contributed by atoms with van der Waals surface area (Å²) in [5, 5.41) is 5.47. The molecule has 30 heavy (non-hydrogen) atoms. The van der Waals surface area contributed by atoms with Crippen LogP contribution >= 0.6 is 23.2 Å². The van der Waals surface area contributed by atoms with Crippen molar-refractivity contribution >= 4 is 34.8 Å². The van der Waals surface area contributed by atoms with Crippen molar-refractivity contribution < 1.29 is 31.1 Å². The molecule has 0 spiro atoms. The smallest absolute Gasteiger partial charge is 0.322 e. The molecule has 0 aliphatic carbocycles. The zero-order valence-electron chi connectivity index (χ0n) is 14.3. The molecule has 13 heteroatoms. The molecule has 2 aromatic heterocycles. The Balaban J connectivity index is 1.90. The highest BCUT2D eigenvalue weighted by atomic mass is 35.5. The third kappa shape index (κ3) is 4.68. The van der Waals surface area contributed by atoms with Crippen LogP contribution in [-0.4, -0.2) is 20.7 Å². The van der Waals surface area contributed by atoms with Crippen molar-refractivity contribution in [2.24, 2.45) is 0 Å². The maximum atomic E-state index is 13.1. The number of hydrogen-bond acceptors (Lipinski definition) is 3. The van der Waals surface area contributed by atoms with Gasteiger partial charge in [0.2, 0.25) is 0 Å². The van der Waals surface area contributed by atoms with Crippen molar-refractivity contribution in [1.29, 1.82) is 0 Å². The molecule has 0 unspecified atom stereocenters. The van der Waals surface area contributed by atoms with Gasteiger partial charge in [0, 0.05) is 18.0 Å². The van der Waals surface area contributed by atoms with Gasteiger partial charge >= 0.3 is 12.4 Å². The molecule has 1 amide bonds. The predicted octanol–water partition coefficient (Wildman–Crippen LogP) is 5.86. The van der Waals surface area contributed by atoms with Gasteiger partial charge in [-0.15, -0.1) is 0 Å². The van der Waals surface area contributed by atoms with Crippen LogP contribution in [0.3, 0.4) is 0 Å². The Morgan fingerprint density at radius 3 is 2.17 bits per heavy atom. The summed E-state index contributed by atoms with van der Waals surface area (Å²) < 4.78 is 77.9. The van der Waals surface area contributed by atoms with E-state index in [4.69, 9.17) is 23.2 Å². The van der Waals surface area contributed by atoms with Crippen LogP contribution in [0.2, 0.25) is 10.2 Å². The van der Waals surface area contributed by atoms with Gasteiger partial charge in [-0.05, 0) is 30.3 Å². The van der Waals surface area contributed by atoms with Crippen molar-refractivity contribution in [2.75, 3.05) is 5.32 Å². The quantitative estimate of drug-likeness (QED) is 0.386. The molecule has 1 N–H and O–H groups in total. The Labute approximate surface area is 174 Å². The van der Waals surface area contributed by atoms with E-state index in [2.05, 4.69) is 15.4 Å². The number of alkyl halides is 6. The molecular formula is C17H8Cl2F6N4O. The van der Waals surface area contributed by atoms with Crippen LogP contribution in [0.15, 0.2) is 42.6 Å². The highest BCUT2D eigenvalue weighted by Gasteiger charge is 2.42. The standard InChI is InChI=1S/C17H8Cl2F6N4O/c18-8-5-11(14(19)26-7-8)15(30)27-9-1-3-10(4-2-9)29-13(17(23,24)25)6-12(28-29)16(20,21)22/h1-7H,(H,27,30). The molecule has 0 saturated carbocycles. The Hall–Kier alpha value is -2.79. The Bertz CT molecular complexity index is 1090. The molecule has 0 bridgehead atoms. The topological polar surface area (TPSA) is 59.8 Å². The van der Waals surface area contributed by atoms with Crippen molar-refractivity contribution in [2.45, 2.75) is 12.4 Å². The third-order valence-electron chi connectivity index (χ3n) is 3.71. The lowest BCUT2D eigenvalue weighted by atomic mass is 10.2. The summed E-state index contributed by atoms with van der Waals surface area (Å²) in [5.74, 6) is -0.697. The van der Waals surface area contributed by atoms with Gasteiger partial charge < -0.3 is 5.32 Å². The van der Waals surface area contributed by atoms with Crippen LogP contribution in [0, 0.1) is 0 Å². The van der Waals surface area contributed by atoms with Crippen LogP contribution < -0.4 is 5.32 Å². The summed E-state index contributed by atoms with van der Waals surface area (Å²) in [6.07, 6.45) is -8.89. The number of rotatable bonds is 3. The van der Waals surface area contributed by atoms with Crippen LogP contribution in [0.5, 0.6) is 0 Å². The van der Waals surface area contributed by atoms with Crippen molar-refractivity contribution in [3.8, 4) is 5.69 Å². The van der Waals surface area contributed by atoms with Gasteiger partial charge in [-0.1, -0.05) is 23.2 Å². The van der Waals surface area contributed by atoms with Gasteiger partial charge in [0.1, 0.15) is 10.8 Å². The zero-order chi connectivity index (χ0) is 22.3. The lowest BCUT2D eigenvalue weighted by Gasteiger charge is -2.11. The second-order valence-corrected chi connectivity index (χ2v) is 6.61. The molecule has 1 aromatic carbocycles. The fraction of sp³-hybridized carbons (Fsp3) is 0.118. The largest absolute Gasteiger partial charge is 0.435 e. The lowest BCUT2D eigenvalue weighted by Crippen LogP contribution is -2.14. The van der Waals surface area contributed by atoms with E-state index in [1.165, 1.54) is 24.4 Å². The summed E-state index contributed by atoms with van der Waals surface area (Å²) in [7, 11) is 0. The van der Waals surface area contributed by atoms with E-state index in [-0.39, 0.29) is 37.9 Å². The number of nitrogens with one attached hydrogen (secondary N) is 1. The van der Waals surface area contributed by atoms with E-state index in [0.717, 1.165) is 12.1 Å². The number of halogens is 8. The lowest BCUT2D eigenvalue weighted by molar-refractivity contribution is -0.143. The van der Waals surface area contributed by atoms with E-state index in [1.807, 2.05) is 0 Å². The minimum Gasteiger partial charge on any atom is -0.322 e. The van der Waals surface area contributed by atoms with E-state index in [9.17, 15) is 31.1 Å². The number of hydrogen-bond donors (Lipinski definition) is 1. The van der Waals surface area contributed by atoms with E-state index >= 15 is 0 Å². The van der Waals surface area contributed by atoms with Crippen molar-refractivity contribution in [3.05, 3.63) is 69.7 Å². The average molecular weight is 469 g/mol. The van der Waals surface area contributed by atoms with Crippen molar-refractivity contribution in [3.63, 3.8) is 0 Å². The number of anilines is 1. The molecule has 5 nitrogen and oxygen atoms in total. The van der Waals surface area contributed by atoms with Gasteiger partial charge in [-0.3, -0.25) is 4.79 Å². The monoisotopic (exact) mass is 468 g/mol. The van der Waals surface area contributed by atoms with Crippen LogP contribution in [0.1, 0.15) is 21.7 Å². The maximum absolute atomic E-state index is 13.1. The number of pyridine rings is 1. The van der Waals surface area contributed by atoms with E-state index in [1.54, 1.807) is 0 Å². The van der Waals surface area contributed by atoms with Crippen LogP contribution in [0.25, 0.3) is 5.69 Å². The summed E-state index contributed by atoms with van der Waals surface area (Å²) in [5.41, 5.74) is -3.48. The van der Waals surface area contributed by atoms with E-state index < -0.39 is 29.6 Å². The van der Waals surface area contributed by atoms with Crippen LogP contribution in [-0.2, 0) is 12.4 Å². The molecule has 3 rings (SSSR count). The second kappa shape index (κ2) is 7.80. The third-order valence-corrected chi connectivity index (χ3v) is 4.22. The number of amides is 1. The van der Waals surface area contributed by atoms with Gasteiger partial charge in [0.05, 0.1) is 16.3 Å². The first kappa shape index (κ1) is 21.9. The average Bonchev–Trinajstić information content (AvgIpc) is 3.10. The minimum atomic E-state index is -5.07. The predicted molar refractivity (Wildman–Crippen MR) is 95.8 cm³/mol. The zero-order valence-corrected chi connectivity index (χ0v) is 15.8. The Morgan fingerprint density at radius 2 is 1.60 bits per heavy atom. The molecule has 0 atom stereocenters. The normalized spacial score (nSPS) is 12.1. The second-order valence-electron chi connectivity index (χ2n) is 5.82. The summed E-state index contributed by atoms with van der Waals surface area (Å²) in [4.78, 5) is 16.0. The SMILES string of the molecule is O=C(Nc1ccc(-n2nc(C(F)(F)F)cc2C(F)(F)F)cc1)c1cc(Cl)cnc1Cl. The Morgan fingerprint density at radius 1 is 0.967 bits per heavy atom. The van der Waals surface area contributed by atoms with Gasteiger partial charge in [0.15, 0.2) is 5.69 Å². The highest BCUT2D eigenvalue weighted by molar-refractivity contribution is 6.35. The molecule has 0 radical (unpaired) electrons. The first-order valence-electron chi connectivity index (χ1n) is 7.83. The molecule has 3 aromatic rings. The molecule has 0 fully saturated rings. The fourth-order valence-electron chi connectivity index (χ4n) is 2.38. The molecule has 158 valence electrons. The number of carbonyl (C=O) groups excluding carboxylic acids is 1. The highest BCUT2D eigenvalue weighted by Crippen LogP contribution is 2.36. The molecule has 0 aliphatic rings. The minimum absolute atomic E-state index is 0.0468. The molecule has 2 heterocycles. The fourth-order valence-corrected chi connectivity index (χ4v) is 2.73. The number of carbonyl (C=O) groups is 1. The summed E-state index contributed by atoms with van der Waals surface area (Å²) in [6.45, 7) is 0. The summed E-state index contributed by atoms with van der Waals surface area (Å²) >= 11 is 11.6. The number of aromatic nitrogens is 3. The first-order valence-corrected chi connectivity index (χ1v) is 8.59.